The molecule has 1 aliphatic rings. The lowest BCUT2D eigenvalue weighted by atomic mass is 10.1. The van der Waals surface area contributed by atoms with Gasteiger partial charge in [0.25, 0.3) is 0 Å². The van der Waals surface area contributed by atoms with Crippen LogP contribution >= 0.6 is 0 Å². The van der Waals surface area contributed by atoms with Crippen LogP contribution in [0.15, 0.2) is 0 Å². The molecule has 0 N–H and O–H groups in total. The summed E-state index contributed by atoms with van der Waals surface area (Å²) in [5.74, 6) is 0.0543. The van der Waals surface area contributed by atoms with Gasteiger partial charge in [-0.3, -0.25) is 4.79 Å². The monoisotopic (exact) mass is 153 g/mol. The number of methoxy groups -OCH3 is 1. The first-order valence-electron chi connectivity index (χ1n) is 3.57. The van der Waals surface area contributed by atoms with Crippen LogP contribution in [0.25, 0.3) is 4.85 Å². The highest BCUT2D eigenvalue weighted by molar-refractivity contribution is 5.80. The number of hydrogen-bond acceptors (Lipinski definition) is 2. The highest BCUT2D eigenvalue weighted by atomic mass is 16.5. The van der Waals surface area contributed by atoms with Crippen LogP contribution in [0.5, 0.6) is 0 Å². The van der Waals surface area contributed by atoms with Gasteiger partial charge in [-0.15, -0.1) is 0 Å². The fourth-order valence-corrected chi connectivity index (χ4v) is 1.31. The molecule has 11 heavy (non-hydrogen) atoms. The van der Waals surface area contributed by atoms with Crippen LogP contribution in [0.4, 0.5) is 0 Å². The first kappa shape index (κ1) is 8.06. The molecule has 3 nitrogen and oxygen atoms in total. The zero-order valence-corrected chi connectivity index (χ0v) is 6.76. The van der Waals surface area contributed by atoms with Gasteiger partial charge in [0.05, 0.1) is 12.5 Å². The van der Waals surface area contributed by atoms with Crippen molar-refractivity contribution in [2.45, 2.75) is 13.3 Å². The van der Waals surface area contributed by atoms with Crippen molar-refractivity contribution >= 4 is 5.97 Å². The van der Waals surface area contributed by atoms with Gasteiger partial charge in [-0.1, -0.05) is 0 Å². The van der Waals surface area contributed by atoms with E-state index in [4.69, 9.17) is 6.57 Å². The molecule has 0 spiro atoms. The second-order valence-corrected chi connectivity index (χ2v) is 3.15. The molecule has 1 rings (SSSR count). The number of carbonyl (C=O) groups is 1. The summed E-state index contributed by atoms with van der Waals surface area (Å²) in [6.45, 7) is 8.93. The predicted molar refractivity (Wildman–Crippen MR) is 39.7 cm³/mol. The molecule has 0 heterocycles. The van der Waals surface area contributed by atoms with E-state index in [1.165, 1.54) is 7.11 Å². The maximum absolute atomic E-state index is 11.1. The lowest BCUT2D eigenvalue weighted by Gasteiger charge is -2.04. The molecule has 1 aliphatic carbocycles. The molecule has 1 saturated carbocycles. The van der Waals surface area contributed by atoms with Gasteiger partial charge in [0, 0.05) is 5.92 Å². The second-order valence-electron chi connectivity index (χ2n) is 3.15. The summed E-state index contributed by atoms with van der Waals surface area (Å²) >= 11 is 0. The molecular weight excluding hydrogens is 142 g/mol. The molecule has 2 atom stereocenters. The molecule has 0 aliphatic heterocycles. The Morgan fingerprint density at radius 1 is 1.91 bits per heavy atom. The van der Waals surface area contributed by atoms with Gasteiger partial charge in [-0.05, 0) is 13.3 Å². The van der Waals surface area contributed by atoms with E-state index in [0.717, 1.165) is 6.42 Å². The Labute approximate surface area is 66.2 Å². The van der Waals surface area contributed by atoms with E-state index in [-0.39, 0.29) is 17.3 Å². The molecule has 0 bridgehead atoms. The molecule has 1 fully saturated rings. The summed E-state index contributed by atoms with van der Waals surface area (Å²) in [5.41, 5.74) is -0.348. The van der Waals surface area contributed by atoms with Gasteiger partial charge in [0.15, 0.2) is 0 Å². The van der Waals surface area contributed by atoms with Gasteiger partial charge < -0.3 is 9.58 Å². The molecule has 0 aromatic heterocycles. The van der Waals surface area contributed by atoms with E-state index < -0.39 is 0 Å². The van der Waals surface area contributed by atoms with Crippen molar-refractivity contribution in [3.05, 3.63) is 11.4 Å². The van der Waals surface area contributed by atoms with Crippen LogP contribution in [-0.4, -0.2) is 19.6 Å². The molecule has 0 aromatic carbocycles. The lowest BCUT2D eigenvalue weighted by Crippen LogP contribution is -2.16. The first-order valence-corrected chi connectivity index (χ1v) is 3.57. The molecular formula is C8H11NO2. The van der Waals surface area contributed by atoms with Crippen molar-refractivity contribution in [3.63, 3.8) is 0 Å². The third kappa shape index (κ3) is 1.21. The van der Waals surface area contributed by atoms with Crippen LogP contribution in [0.2, 0.25) is 0 Å². The topological polar surface area (TPSA) is 30.7 Å². The van der Waals surface area contributed by atoms with Gasteiger partial charge in [0.2, 0.25) is 6.54 Å². The van der Waals surface area contributed by atoms with Crippen molar-refractivity contribution in [3.8, 4) is 0 Å². The van der Waals surface area contributed by atoms with Crippen molar-refractivity contribution in [2.75, 3.05) is 13.7 Å². The van der Waals surface area contributed by atoms with E-state index >= 15 is 0 Å². The zero-order chi connectivity index (χ0) is 8.48. The third-order valence-electron chi connectivity index (χ3n) is 2.37. The van der Waals surface area contributed by atoms with Crippen LogP contribution in [0.3, 0.4) is 0 Å². The summed E-state index contributed by atoms with van der Waals surface area (Å²) in [6.07, 6.45) is 0.808. The van der Waals surface area contributed by atoms with E-state index in [2.05, 4.69) is 9.58 Å². The summed E-state index contributed by atoms with van der Waals surface area (Å²) in [7, 11) is 1.39. The Kier molecular flexibility index (Phi) is 1.86. The van der Waals surface area contributed by atoms with E-state index in [1.54, 1.807) is 0 Å². The highest BCUT2D eigenvalue weighted by Gasteiger charge is 2.59. The highest BCUT2D eigenvalue weighted by Crippen LogP contribution is 2.53. The molecule has 0 amide bonds. The predicted octanol–water partition coefficient (Wildman–Crippen LogP) is 1.10. The van der Waals surface area contributed by atoms with Crippen molar-refractivity contribution in [2.24, 2.45) is 11.3 Å². The number of nitrogens with zero attached hydrogens (tertiary/aromatic N) is 1. The summed E-state index contributed by atoms with van der Waals surface area (Å²) in [6, 6.07) is 0. The molecule has 3 heteroatoms. The summed E-state index contributed by atoms with van der Waals surface area (Å²) in [4.78, 5) is 14.3. The Morgan fingerprint density at radius 3 is 3.00 bits per heavy atom. The van der Waals surface area contributed by atoms with E-state index in [1.807, 2.05) is 6.92 Å². The number of esters is 1. The van der Waals surface area contributed by atoms with Gasteiger partial charge >= 0.3 is 5.97 Å². The maximum Gasteiger partial charge on any atom is 0.312 e. The second kappa shape index (κ2) is 2.54. The Hall–Kier alpha value is -1.04. The van der Waals surface area contributed by atoms with Crippen LogP contribution < -0.4 is 0 Å². The smallest absolute Gasteiger partial charge is 0.312 e. The minimum Gasteiger partial charge on any atom is -0.469 e. The Bertz CT molecular complexity index is 219. The van der Waals surface area contributed by atoms with Crippen molar-refractivity contribution < 1.29 is 9.53 Å². The minimum atomic E-state index is -0.348. The molecule has 0 unspecified atom stereocenters. The van der Waals surface area contributed by atoms with Gasteiger partial charge in [-0.25, -0.2) is 6.57 Å². The standard InChI is InChI=1S/C8H11NO2/c1-8(7(10)11-3)4-6(8)5-9-2/h6H,4-5H2,1,3H3/t6-,8-/m0/s1. The molecule has 0 radical (unpaired) electrons. The summed E-state index contributed by atoms with van der Waals surface area (Å²) < 4.78 is 4.61. The molecule has 0 aromatic rings. The SMILES string of the molecule is [C-]#[N+]C[C@@H]1C[C@]1(C)C(=O)OC. The normalized spacial score (nSPS) is 34.1. The average molecular weight is 153 g/mol. The Morgan fingerprint density at radius 2 is 2.55 bits per heavy atom. The number of ether oxygens (including phenoxy) is 1. The zero-order valence-electron chi connectivity index (χ0n) is 6.76. The third-order valence-corrected chi connectivity index (χ3v) is 2.37. The van der Waals surface area contributed by atoms with Crippen LogP contribution in [0.1, 0.15) is 13.3 Å². The quantitative estimate of drug-likeness (QED) is 0.439. The fraction of sp³-hybridized carbons (Fsp3) is 0.750. The van der Waals surface area contributed by atoms with Gasteiger partial charge in [0.1, 0.15) is 0 Å². The number of rotatable bonds is 2. The van der Waals surface area contributed by atoms with Crippen molar-refractivity contribution in [1.82, 2.24) is 0 Å². The lowest BCUT2D eigenvalue weighted by molar-refractivity contribution is -0.146. The fourth-order valence-electron chi connectivity index (χ4n) is 1.31. The first-order chi connectivity index (χ1) is 5.15. The largest absolute Gasteiger partial charge is 0.469 e. The number of carbonyl (C=O) groups excluding carboxylic acids is 1. The van der Waals surface area contributed by atoms with Gasteiger partial charge in [-0.2, -0.15) is 0 Å². The molecule has 0 saturated heterocycles. The van der Waals surface area contributed by atoms with Crippen molar-refractivity contribution in [1.29, 1.82) is 0 Å². The van der Waals surface area contributed by atoms with E-state index in [0.29, 0.717) is 6.54 Å². The maximum atomic E-state index is 11.1. The van der Waals surface area contributed by atoms with Crippen LogP contribution in [0, 0.1) is 17.9 Å². The van der Waals surface area contributed by atoms with Crippen LogP contribution in [-0.2, 0) is 9.53 Å². The number of hydrogen-bond donors (Lipinski definition) is 0. The molecule has 60 valence electrons. The average Bonchev–Trinajstić information content (AvgIpc) is 2.63. The Balaban J connectivity index is 2.50. The summed E-state index contributed by atoms with van der Waals surface area (Å²) in [5, 5.41) is 0. The van der Waals surface area contributed by atoms with E-state index in [9.17, 15) is 4.79 Å². The minimum absolute atomic E-state index is 0.175.